The monoisotopic (exact) mass is 457 g/mol. The summed E-state index contributed by atoms with van der Waals surface area (Å²) in [6, 6.07) is 19.6. The van der Waals surface area contributed by atoms with E-state index in [0.29, 0.717) is 29.2 Å². The van der Waals surface area contributed by atoms with E-state index in [0.717, 1.165) is 16.8 Å². The van der Waals surface area contributed by atoms with Crippen LogP contribution < -0.4 is 20.3 Å². The Bertz CT molecular complexity index is 1240. The lowest BCUT2D eigenvalue weighted by atomic mass is 10.1. The Balaban J connectivity index is 1.45. The number of ether oxygens (including phenoxy) is 1. The van der Waals surface area contributed by atoms with Crippen LogP contribution in [0.1, 0.15) is 27.9 Å². The first-order valence-electron chi connectivity index (χ1n) is 11.1. The summed E-state index contributed by atoms with van der Waals surface area (Å²) in [5, 5.41) is 5.68. The first-order valence-corrected chi connectivity index (χ1v) is 11.1. The summed E-state index contributed by atoms with van der Waals surface area (Å²) in [7, 11) is 1.57. The Morgan fingerprint density at radius 1 is 0.941 bits per heavy atom. The predicted molar refractivity (Wildman–Crippen MR) is 132 cm³/mol. The van der Waals surface area contributed by atoms with Crippen LogP contribution in [0, 0.1) is 19.8 Å². The van der Waals surface area contributed by atoms with Gasteiger partial charge in [-0.15, -0.1) is 0 Å². The molecule has 0 radical (unpaired) electrons. The van der Waals surface area contributed by atoms with Crippen LogP contribution in [0.15, 0.2) is 66.7 Å². The molecule has 3 amide bonds. The molecular weight excluding hydrogens is 430 g/mol. The molecule has 1 atom stereocenters. The van der Waals surface area contributed by atoms with E-state index < -0.39 is 5.92 Å². The highest BCUT2D eigenvalue weighted by Gasteiger charge is 2.35. The number of aryl methyl sites for hydroxylation is 2. The molecule has 1 saturated heterocycles. The number of nitrogens with one attached hydrogen (secondary N) is 2. The van der Waals surface area contributed by atoms with Crippen molar-refractivity contribution < 1.29 is 19.1 Å². The van der Waals surface area contributed by atoms with Gasteiger partial charge in [0.15, 0.2) is 0 Å². The number of anilines is 3. The van der Waals surface area contributed by atoms with E-state index >= 15 is 0 Å². The van der Waals surface area contributed by atoms with E-state index in [1.54, 1.807) is 60.5 Å². The van der Waals surface area contributed by atoms with Gasteiger partial charge in [0.05, 0.1) is 24.3 Å². The molecule has 0 saturated carbocycles. The number of carbonyl (C=O) groups excluding carboxylic acids is 3. The predicted octanol–water partition coefficient (Wildman–Crippen LogP) is 4.56. The summed E-state index contributed by atoms with van der Waals surface area (Å²) in [5.74, 6) is -0.544. The molecule has 7 nitrogen and oxygen atoms in total. The molecule has 1 unspecified atom stereocenters. The molecule has 2 N–H and O–H groups in total. The molecule has 7 heteroatoms. The van der Waals surface area contributed by atoms with Gasteiger partial charge in [-0.2, -0.15) is 0 Å². The van der Waals surface area contributed by atoms with Crippen LogP contribution in [0.3, 0.4) is 0 Å². The van der Waals surface area contributed by atoms with Gasteiger partial charge in [-0.3, -0.25) is 14.4 Å². The van der Waals surface area contributed by atoms with Crippen molar-refractivity contribution in [3.05, 3.63) is 83.4 Å². The van der Waals surface area contributed by atoms with Gasteiger partial charge in [0.1, 0.15) is 5.75 Å². The van der Waals surface area contributed by atoms with Crippen molar-refractivity contribution in [2.75, 3.05) is 29.2 Å². The second-order valence-corrected chi connectivity index (χ2v) is 8.39. The molecule has 1 heterocycles. The first kappa shape index (κ1) is 23.0. The highest BCUT2D eigenvalue weighted by Crippen LogP contribution is 2.28. The summed E-state index contributed by atoms with van der Waals surface area (Å²) in [6.07, 6.45) is 0.124. The number of amides is 3. The summed E-state index contributed by atoms with van der Waals surface area (Å²) >= 11 is 0. The quantitative estimate of drug-likeness (QED) is 0.568. The molecule has 0 bridgehead atoms. The minimum Gasteiger partial charge on any atom is -0.497 e. The molecule has 0 aliphatic carbocycles. The molecule has 1 fully saturated rings. The number of benzene rings is 3. The minimum atomic E-state index is -0.508. The van der Waals surface area contributed by atoms with E-state index in [-0.39, 0.29) is 24.1 Å². The lowest BCUT2D eigenvalue weighted by Crippen LogP contribution is -2.28. The van der Waals surface area contributed by atoms with Crippen molar-refractivity contribution in [3.8, 4) is 5.75 Å². The maximum absolute atomic E-state index is 13.0. The number of hydrogen-bond donors (Lipinski definition) is 2. The summed E-state index contributed by atoms with van der Waals surface area (Å²) < 4.78 is 5.14. The van der Waals surface area contributed by atoms with Crippen molar-refractivity contribution >= 4 is 34.8 Å². The number of nitrogens with zero attached hydrogens (tertiary/aromatic N) is 1. The number of para-hydroxylation sites is 1. The second kappa shape index (κ2) is 9.79. The van der Waals surface area contributed by atoms with E-state index in [2.05, 4.69) is 10.6 Å². The molecule has 3 aromatic rings. The average Bonchev–Trinajstić information content (AvgIpc) is 3.23. The zero-order chi connectivity index (χ0) is 24.2. The van der Waals surface area contributed by atoms with Gasteiger partial charge < -0.3 is 20.3 Å². The van der Waals surface area contributed by atoms with Crippen molar-refractivity contribution in [1.29, 1.82) is 0 Å². The Morgan fingerprint density at radius 2 is 1.68 bits per heavy atom. The third kappa shape index (κ3) is 4.93. The van der Waals surface area contributed by atoms with Crippen molar-refractivity contribution in [3.63, 3.8) is 0 Å². The van der Waals surface area contributed by atoms with E-state index in [4.69, 9.17) is 4.74 Å². The molecule has 0 aromatic heterocycles. The van der Waals surface area contributed by atoms with E-state index in [9.17, 15) is 14.4 Å². The molecule has 1 aliphatic rings. The van der Waals surface area contributed by atoms with Crippen LogP contribution in [0.2, 0.25) is 0 Å². The number of rotatable bonds is 6. The lowest BCUT2D eigenvalue weighted by molar-refractivity contribution is -0.122. The number of hydrogen-bond acceptors (Lipinski definition) is 4. The Hall–Kier alpha value is -4.13. The third-order valence-electron chi connectivity index (χ3n) is 6.08. The molecular formula is C27H27N3O4. The fourth-order valence-electron chi connectivity index (χ4n) is 3.92. The van der Waals surface area contributed by atoms with Gasteiger partial charge in [0, 0.05) is 24.3 Å². The first-order chi connectivity index (χ1) is 16.4. The van der Waals surface area contributed by atoms with Gasteiger partial charge in [-0.1, -0.05) is 18.2 Å². The molecule has 1 aliphatic heterocycles. The summed E-state index contributed by atoms with van der Waals surface area (Å²) in [6.45, 7) is 4.31. The van der Waals surface area contributed by atoms with Crippen LogP contribution in [0.5, 0.6) is 5.75 Å². The molecule has 174 valence electrons. The zero-order valence-electron chi connectivity index (χ0n) is 19.4. The standard InChI is InChI=1S/C27H27N3O4/c1-17-8-11-21(14-18(17)2)30-16-19(15-25(30)31)26(32)29-24-7-5-4-6-23(24)27(33)28-20-9-12-22(34-3)13-10-20/h4-14,19H,15-16H2,1-3H3,(H,28,33)(H,29,32). The lowest BCUT2D eigenvalue weighted by Gasteiger charge is -2.18. The third-order valence-corrected chi connectivity index (χ3v) is 6.08. The van der Waals surface area contributed by atoms with Crippen LogP contribution in [-0.2, 0) is 9.59 Å². The van der Waals surface area contributed by atoms with Gasteiger partial charge in [-0.25, -0.2) is 0 Å². The maximum Gasteiger partial charge on any atom is 0.257 e. The zero-order valence-corrected chi connectivity index (χ0v) is 19.4. The molecule has 34 heavy (non-hydrogen) atoms. The fraction of sp³-hybridized carbons (Fsp3) is 0.222. The van der Waals surface area contributed by atoms with Crippen molar-refractivity contribution in [2.45, 2.75) is 20.3 Å². The molecule has 4 rings (SSSR count). The Morgan fingerprint density at radius 3 is 2.38 bits per heavy atom. The van der Waals surface area contributed by atoms with Crippen LogP contribution in [-0.4, -0.2) is 31.4 Å². The second-order valence-electron chi connectivity index (χ2n) is 8.39. The molecule has 3 aromatic carbocycles. The smallest absolute Gasteiger partial charge is 0.257 e. The van der Waals surface area contributed by atoms with Crippen LogP contribution in [0.25, 0.3) is 0 Å². The maximum atomic E-state index is 13.0. The van der Waals surface area contributed by atoms with Crippen molar-refractivity contribution in [2.24, 2.45) is 5.92 Å². The van der Waals surface area contributed by atoms with Crippen molar-refractivity contribution in [1.82, 2.24) is 0 Å². The van der Waals surface area contributed by atoms with Crippen LogP contribution in [0.4, 0.5) is 17.1 Å². The summed E-state index contributed by atoms with van der Waals surface area (Å²) in [5.41, 5.74) is 4.38. The van der Waals surface area contributed by atoms with Gasteiger partial charge in [-0.05, 0) is 73.5 Å². The average molecular weight is 458 g/mol. The van der Waals surface area contributed by atoms with Gasteiger partial charge in [0.2, 0.25) is 11.8 Å². The van der Waals surface area contributed by atoms with Gasteiger partial charge in [0.25, 0.3) is 5.91 Å². The minimum absolute atomic E-state index is 0.0889. The number of carbonyl (C=O) groups is 3. The topological polar surface area (TPSA) is 87.7 Å². The highest BCUT2D eigenvalue weighted by atomic mass is 16.5. The van der Waals surface area contributed by atoms with E-state index in [1.807, 2.05) is 32.0 Å². The fourth-order valence-corrected chi connectivity index (χ4v) is 3.92. The largest absolute Gasteiger partial charge is 0.497 e. The highest BCUT2D eigenvalue weighted by molar-refractivity contribution is 6.11. The SMILES string of the molecule is COc1ccc(NC(=O)c2ccccc2NC(=O)C2CC(=O)N(c3ccc(C)c(C)c3)C2)cc1. The normalized spacial score (nSPS) is 15.2. The molecule has 0 spiro atoms. The Kier molecular flexibility index (Phi) is 6.63. The summed E-state index contributed by atoms with van der Waals surface area (Å²) in [4.78, 5) is 40.2. The number of methoxy groups -OCH3 is 1. The van der Waals surface area contributed by atoms with Crippen LogP contribution >= 0.6 is 0 Å². The van der Waals surface area contributed by atoms with Gasteiger partial charge >= 0.3 is 0 Å². The Labute approximate surface area is 198 Å². The van der Waals surface area contributed by atoms with E-state index in [1.165, 1.54) is 0 Å².